The molecule has 1 aromatic rings. The average Bonchev–Trinajstić information content (AvgIpc) is 2.96. The Morgan fingerprint density at radius 2 is 1.58 bits per heavy atom. The number of hydrogen-bond donors (Lipinski definition) is 0. The minimum Gasteiger partial charge on any atom is -0.340 e. The first-order valence-corrected chi connectivity index (χ1v) is 15.9. The summed E-state index contributed by atoms with van der Waals surface area (Å²) in [7, 11) is 2.23. The molecule has 5 heterocycles. The van der Waals surface area contributed by atoms with Gasteiger partial charge in [-0.15, -0.1) is 0 Å². The molecule has 0 unspecified atom stereocenters. The lowest BCUT2D eigenvalue weighted by Crippen LogP contribution is -2.64. The smallest absolute Gasteiger partial charge is 0.222 e. The molecule has 6 rings (SSSR count). The number of nitrogens with zero attached hydrogens (tertiary/aromatic N) is 5. The van der Waals surface area contributed by atoms with Gasteiger partial charge in [0.15, 0.2) is 0 Å². The van der Waals surface area contributed by atoms with E-state index in [0.717, 1.165) is 69.5 Å². The Bertz CT molecular complexity index is 892. The van der Waals surface area contributed by atoms with Gasteiger partial charge in [-0.1, -0.05) is 30.3 Å². The molecule has 38 heavy (non-hydrogen) atoms. The maximum atomic E-state index is 13.3. The topological polar surface area (TPSA) is 33.3 Å². The fourth-order valence-electron chi connectivity index (χ4n) is 8.80. The van der Waals surface area contributed by atoms with Gasteiger partial charge in [0.05, 0.1) is 0 Å². The summed E-state index contributed by atoms with van der Waals surface area (Å²) in [6.45, 7) is 11.3. The van der Waals surface area contributed by atoms with Crippen LogP contribution in [0.2, 0.25) is 0 Å². The summed E-state index contributed by atoms with van der Waals surface area (Å²) in [5.41, 5.74) is 1.44. The minimum atomic E-state index is 0.402. The lowest BCUT2D eigenvalue weighted by atomic mass is 9.69. The van der Waals surface area contributed by atoms with Gasteiger partial charge in [-0.05, 0) is 102 Å². The van der Waals surface area contributed by atoms with Gasteiger partial charge in [0.25, 0.3) is 0 Å². The molecule has 4 atom stereocenters. The van der Waals surface area contributed by atoms with E-state index in [0.29, 0.717) is 11.9 Å². The van der Waals surface area contributed by atoms with Crippen molar-refractivity contribution in [2.24, 2.45) is 11.8 Å². The number of benzene rings is 1. The van der Waals surface area contributed by atoms with E-state index in [1.807, 2.05) is 0 Å². The van der Waals surface area contributed by atoms with E-state index in [-0.39, 0.29) is 0 Å². The van der Waals surface area contributed by atoms with Crippen LogP contribution in [0, 0.1) is 11.8 Å². The number of piperidine rings is 4. The Morgan fingerprint density at radius 1 is 0.842 bits per heavy atom. The molecule has 6 heteroatoms. The third-order valence-corrected chi connectivity index (χ3v) is 10.8. The largest absolute Gasteiger partial charge is 0.340 e. The zero-order chi connectivity index (χ0) is 25.9. The number of rotatable bonds is 7. The molecule has 5 fully saturated rings. The first kappa shape index (κ1) is 26.7. The molecule has 1 aromatic carbocycles. The van der Waals surface area contributed by atoms with Crippen molar-refractivity contribution in [1.82, 2.24) is 24.5 Å². The van der Waals surface area contributed by atoms with Crippen molar-refractivity contribution in [3.8, 4) is 0 Å². The molecule has 210 valence electrons. The van der Waals surface area contributed by atoms with Crippen molar-refractivity contribution in [3.63, 3.8) is 0 Å². The summed E-state index contributed by atoms with van der Waals surface area (Å²) in [4.78, 5) is 26.2. The van der Waals surface area contributed by atoms with Crippen molar-refractivity contribution >= 4 is 5.91 Å². The molecule has 0 bridgehead atoms. The molecule has 0 aliphatic carbocycles. The number of carbonyl (C=O) groups is 1. The van der Waals surface area contributed by atoms with Crippen LogP contribution in [0.25, 0.3) is 0 Å². The lowest BCUT2D eigenvalue weighted by molar-refractivity contribution is -0.133. The highest BCUT2D eigenvalue weighted by atomic mass is 16.2. The van der Waals surface area contributed by atoms with Crippen LogP contribution in [0.15, 0.2) is 30.3 Å². The monoisotopic (exact) mass is 521 g/mol. The van der Waals surface area contributed by atoms with Crippen LogP contribution in [0.5, 0.6) is 0 Å². The number of likely N-dealkylation sites (tertiary alicyclic amines) is 2. The third kappa shape index (κ3) is 5.99. The number of piperazine rings is 1. The molecule has 5 aliphatic rings. The second-order valence-corrected chi connectivity index (χ2v) is 13.1. The molecular weight excluding hydrogens is 470 g/mol. The summed E-state index contributed by atoms with van der Waals surface area (Å²) in [5, 5.41) is 0. The van der Waals surface area contributed by atoms with Crippen LogP contribution < -0.4 is 0 Å². The molecule has 0 saturated carbocycles. The quantitative estimate of drug-likeness (QED) is 0.546. The SMILES string of the molecule is CN1CCC(N2CCN(C(=O)CCC[C@@H]3[C@H]4CCCN5CCC[C@@H](CN3Cc3ccccc3)[C@@H]45)CC2)CC1. The van der Waals surface area contributed by atoms with Gasteiger partial charge in [-0.25, -0.2) is 0 Å². The molecular formula is C32H51N5O. The molecule has 5 aliphatic heterocycles. The Balaban J connectivity index is 1.04. The number of carbonyl (C=O) groups excluding carboxylic acids is 1. The van der Waals surface area contributed by atoms with Crippen molar-refractivity contribution < 1.29 is 4.79 Å². The maximum Gasteiger partial charge on any atom is 0.222 e. The highest BCUT2D eigenvalue weighted by molar-refractivity contribution is 5.76. The van der Waals surface area contributed by atoms with Gasteiger partial charge in [0.1, 0.15) is 0 Å². The van der Waals surface area contributed by atoms with Crippen LogP contribution >= 0.6 is 0 Å². The molecule has 0 aromatic heterocycles. The van der Waals surface area contributed by atoms with Crippen LogP contribution in [0.1, 0.15) is 63.4 Å². The van der Waals surface area contributed by atoms with Crippen molar-refractivity contribution in [3.05, 3.63) is 35.9 Å². The number of amides is 1. The summed E-state index contributed by atoms with van der Waals surface area (Å²) in [6.07, 6.45) is 11.0. The average molecular weight is 522 g/mol. The molecule has 6 nitrogen and oxygen atoms in total. The van der Waals surface area contributed by atoms with Gasteiger partial charge < -0.3 is 9.80 Å². The second kappa shape index (κ2) is 12.4. The summed E-state index contributed by atoms with van der Waals surface area (Å²) in [5.74, 6) is 2.01. The highest BCUT2D eigenvalue weighted by Crippen LogP contribution is 2.43. The van der Waals surface area contributed by atoms with E-state index in [4.69, 9.17) is 0 Å². The zero-order valence-corrected chi connectivity index (χ0v) is 23.9. The minimum absolute atomic E-state index is 0.402. The van der Waals surface area contributed by atoms with Gasteiger partial charge in [-0.3, -0.25) is 19.5 Å². The molecule has 0 N–H and O–H groups in total. The molecule has 1 amide bonds. The summed E-state index contributed by atoms with van der Waals surface area (Å²) in [6, 6.07) is 13.2. The van der Waals surface area contributed by atoms with Gasteiger partial charge in [-0.2, -0.15) is 0 Å². The van der Waals surface area contributed by atoms with Gasteiger partial charge in [0, 0.05) is 63.8 Å². The highest BCUT2D eigenvalue weighted by Gasteiger charge is 2.48. The molecule has 0 radical (unpaired) electrons. The molecule has 5 saturated heterocycles. The third-order valence-electron chi connectivity index (χ3n) is 10.8. The standard InChI is InChI=1S/C32H51N5O/c1-33-18-14-28(15-19-33)34-20-22-35(23-21-34)31(38)13-5-12-30-29-11-7-17-36-16-6-10-27(32(29)36)25-37(30)24-26-8-3-2-4-9-26/h2-4,8-9,27-30,32H,5-7,10-25H2,1H3/t27-,29+,30+,32-/m0/s1. The lowest BCUT2D eigenvalue weighted by Gasteiger charge is -2.57. The van der Waals surface area contributed by atoms with Crippen LogP contribution in [0.4, 0.5) is 0 Å². The number of hydrogen-bond acceptors (Lipinski definition) is 5. The van der Waals surface area contributed by atoms with E-state index < -0.39 is 0 Å². The Hall–Kier alpha value is -1.47. The van der Waals surface area contributed by atoms with E-state index in [1.165, 1.54) is 83.2 Å². The predicted molar refractivity (Wildman–Crippen MR) is 154 cm³/mol. The summed E-state index contributed by atoms with van der Waals surface area (Å²) >= 11 is 0. The Labute approximate surface area is 231 Å². The normalized spacial score (nSPS) is 32.3. The van der Waals surface area contributed by atoms with Crippen molar-refractivity contribution in [2.45, 2.75) is 82.5 Å². The Morgan fingerprint density at radius 3 is 2.34 bits per heavy atom. The first-order chi connectivity index (χ1) is 18.7. The maximum absolute atomic E-state index is 13.3. The van der Waals surface area contributed by atoms with E-state index in [1.54, 1.807) is 0 Å². The van der Waals surface area contributed by atoms with Crippen molar-refractivity contribution in [2.75, 3.05) is 66.0 Å². The fraction of sp³-hybridized carbons (Fsp3) is 0.781. The van der Waals surface area contributed by atoms with E-state index in [2.05, 4.69) is 61.9 Å². The van der Waals surface area contributed by atoms with Crippen molar-refractivity contribution in [1.29, 1.82) is 0 Å². The first-order valence-electron chi connectivity index (χ1n) is 15.9. The zero-order valence-electron chi connectivity index (χ0n) is 23.9. The summed E-state index contributed by atoms with van der Waals surface area (Å²) < 4.78 is 0. The fourth-order valence-corrected chi connectivity index (χ4v) is 8.80. The second-order valence-electron chi connectivity index (χ2n) is 13.1. The van der Waals surface area contributed by atoms with Crippen LogP contribution in [0.3, 0.4) is 0 Å². The van der Waals surface area contributed by atoms with Gasteiger partial charge in [0.2, 0.25) is 5.91 Å². The van der Waals surface area contributed by atoms with Crippen LogP contribution in [-0.4, -0.2) is 114 Å². The van der Waals surface area contributed by atoms with E-state index >= 15 is 0 Å². The van der Waals surface area contributed by atoms with Crippen LogP contribution in [-0.2, 0) is 11.3 Å². The van der Waals surface area contributed by atoms with Gasteiger partial charge >= 0.3 is 0 Å². The Kier molecular flexibility index (Phi) is 8.70. The van der Waals surface area contributed by atoms with E-state index in [9.17, 15) is 4.79 Å². The molecule has 0 spiro atoms. The predicted octanol–water partition coefficient (Wildman–Crippen LogP) is 3.77.